The lowest BCUT2D eigenvalue weighted by atomic mass is 10.1. The summed E-state index contributed by atoms with van der Waals surface area (Å²) in [5, 5.41) is 14.1. The summed E-state index contributed by atoms with van der Waals surface area (Å²) in [5.74, 6) is 0.395. The van der Waals surface area contributed by atoms with Crippen molar-refractivity contribution in [2.45, 2.75) is 17.4 Å². The lowest BCUT2D eigenvalue weighted by Gasteiger charge is -2.10. The SMILES string of the molecule is CSc1ccccc1C(=O)NCCC(O)c1cc2ccccc2o1. The molecule has 0 saturated carbocycles. The van der Waals surface area contributed by atoms with Gasteiger partial charge in [-0.05, 0) is 36.9 Å². The molecule has 24 heavy (non-hydrogen) atoms. The van der Waals surface area contributed by atoms with Crippen LogP contribution in [0, 0.1) is 0 Å². The average molecular weight is 341 g/mol. The number of rotatable bonds is 6. The van der Waals surface area contributed by atoms with Crippen LogP contribution in [-0.2, 0) is 0 Å². The van der Waals surface area contributed by atoms with Crippen LogP contribution in [0.25, 0.3) is 11.0 Å². The fourth-order valence-electron chi connectivity index (χ4n) is 2.56. The molecule has 0 aliphatic heterocycles. The monoisotopic (exact) mass is 341 g/mol. The van der Waals surface area contributed by atoms with Crippen molar-refractivity contribution < 1.29 is 14.3 Å². The maximum atomic E-state index is 12.3. The molecule has 1 heterocycles. The van der Waals surface area contributed by atoms with E-state index in [1.165, 1.54) is 11.8 Å². The highest BCUT2D eigenvalue weighted by atomic mass is 32.2. The number of furan rings is 1. The molecule has 5 heteroatoms. The molecule has 1 amide bonds. The highest BCUT2D eigenvalue weighted by molar-refractivity contribution is 7.98. The number of thioether (sulfide) groups is 1. The van der Waals surface area contributed by atoms with Gasteiger partial charge in [-0.3, -0.25) is 4.79 Å². The van der Waals surface area contributed by atoms with Crippen molar-refractivity contribution >= 4 is 28.6 Å². The number of para-hydroxylation sites is 1. The van der Waals surface area contributed by atoms with Crippen LogP contribution in [0.1, 0.15) is 28.6 Å². The predicted molar refractivity (Wildman–Crippen MR) is 96.3 cm³/mol. The molecule has 4 nitrogen and oxygen atoms in total. The van der Waals surface area contributed by atoms with Gasteiger partial charge in [0, 0.05) is 16.8 Å². The largest absolute Gasteiger partial charge is 0.458 e. The predicted octanol–water partition coefficient (Wildman–Crippen LogP) is 4.01. The fraction of sp³-hybridized carbons (Fsp3) is 0.211. The van der Waals surface area contributed by atoms with Gasteiger partial charge >= 0.3 is 0 Å². The Balaban J connectivity index is 1.58. The zero-order valence-corrected chi connectivity index (χ0v) is 14.2. The molecule has 0 bridgehead atoms. The molecule has 2 N–H and O–H groups in total. The molecular formula is C19H19NO3S. The second-order valence-electron chi connectivity index (χ2n) is 5.45. The Morgan fingerprint density at radius 2 is 1.96 bits per heavy atom. The van der Waals surface area contributed by atoms with Crippen molar-refractivity contribution in [3.05, 3.63) is 65.9 Å². The van der Waals surface area contributed by atoms with Crippen LogP contribution in [0.3, 0.4) is 0 Å². The van der Waals surface area contributed by atoms with Gasteiger partial charge in [-0.25, -0.2) is 0 Å². The average Bonchev–Trinajstić information content (AvgIpc) is 3.05. The van der Waals surface area contributed by atoms with Crippen LogP contribution in [0.5, 0.6) is 0 Å². The van der Waals surface area contributed by atoms with E-state index in [1.54, 1.807) is 6.07 Å². The van der Waals surface area contributed by atoms with Gasteiger partial charge in [0.15, 0.2) is 0 Å². The molecule has 0 spiro atoms. The number of fused-ring (bicyclic) bond motifs is 1. The first kappa shape index (κ1) is 16.6. The van der Waals surface area contributed by atoms with Gasteiger partial charge < -0.3 is 14.8 Å². The quantitative estimate of drug-likeness (QED) is 0.665. The lowest BCUT2D eigenvalue weighted by Crippen LogP contribution is -2.26. The van der Waals surface area contributed by atoms with Gasteiger partial charge in [0.1, 0.15) is 17.4 Å². The van der Waals surface area contributed by atoms with Crippen LogP contribution < -0.4 is 5.32 Å². The first-order valence-corrected chi connectivity index (χ1v) is 8.99. The normalized spacial score (nSPS) is 12.2. The first-order chi connectivity index (χ1) is 11.7. The van der Waals surface area contributed by atoms with E-state index in [0.717, 1.165) is 15.9 Å². The van der Waals surface area contributed by atoms with Crippen LogP contribution in [-0.4, -0.2) is 23.8 Å². The van der Waals surface area contributed by atoms with Crippen LogP contribution in [0.15, 0.2) is 63.9 Å². The molecule has 1 unspecified atom stereocenters. The van der Waals surface area contributed by atoms with Crippen molar-refractivity contribution in [1.29, 1.82) is 0 Å². The van der Waals surface area contributed by atoms with Crippen LogP contribution >= 0.6 is 11.8 Å². The van der Waals surface area contributed by atoms with Crippen molar-refractivity contribution in [1.82, 2.24) is 5.32 Å². The summed E-state index contributed by atoms with van der Waals surface area (Å²) in [6, 6.07) is 16.9. The third-order valence-electron chi connectivity index (χ3n) is 3.83. The highest BCUT2D eigenvalue weighted by Crippen LogP contribution is 2.25. The van der Waals surface area contributed by atoms with E-state index in [-0.39, 0.29) is 5.91 Å². The van der Waals surface area contributed by atoms with Gasteiger partial charge in [-0.2, -0.15) is 0 Å². The van der Waals surface area contributed by atoms with E-state index in [0.29, 0.717) is 24.3 Å². The summed E-state index contributed by atoms with van der Waals surface area (Å²) in [5.41, 5.74) is 1.41. The summed E-state index contributed by atoms with van der Waals surface area (Å²) < 4.78 is 5.64. The standard InChI is InChI=1S/C19H19NO3S/c1-24-18-9-5-3-7-14(18)19(22)20-11-10-15(21)17-12-13-6-2-4-8-16(13)23-17/h2-9,12,15,21H,10-11H2,1H3,(H,20,22). The number of benzene rings is 2. The fourth-order valence-corrected chi connectivity index (χ4v) is 3.15. The topological polar surface area (TPSA) is 62.5 Å². The van der Waals surface area contributed by atoms with E-state index >= 15 is 0 Å². The number of nitrogens with one attached hydrogen (secondary N) is 1. The van der Waals surface area contributed by atoms with Gasteiger partial charge in [-0.15, -0.1) is 11.8 Å². The molecule has 0 saturated heterocycles. The molecule has 1 atom stereocenters. The second kappa shape index (κ2) is 7.55. The Kier molecular flexibility index (Phi) is 5.23. The third-order valence-corrected chi connectivity index (χ3v) is 4.62. The van der Waals surface area contributed by atoms with E-state index in [4.69, 9.17) is 4.42 Å². The van der Waals surface area contributed by atoms with Crippen molar-refractivity contribution in [3.8, 4) is 0 Å². The number of hydrogen-bond donors (Lipinski definition) is 2. The lowest BCUT2D eigenvalue weighted by molar-refractivity contribution is 0.0934. The summed E-state index contributed by atoms with van der Waals surface area (Å²) in [7, 11) is 0. The number of carbonyl (C=O) groups is 1. The van der Waals surface area contributed by atoms with Crippen molar-refractivity contribution in [2.24, 2.45) is 0 Å². The Labute approximate surface area is 144 Å². The van der Waals surface area contributed by atoms with Gasteiger partial charge in [-0.1, -0.05) is 30.3 Å². The zero-order valence-electron chi connectivity index (χ0n) is 13.4. The summed E-state index contributed by atoms with van der Waals surface area (Å²) in [6.07, 6.45) is 1.60. The molecule has 3 aromatic rings. The van der Waals surface area contributed by atoms with Crippen molar-refractivity contribution in [3.63, 3.8) is 0 Å². The molecule has 0 aliphatic carbocycles. The van der Waals surface area contributed by atoms with Crippen LogP contribution in [0.2, 0.25) is 0 Å². The van der Waals surface area contributed by atoms with Crippen molar-refractivity contribution in [2.75, 3.05) is 12.8 Å². The van der Waals surface area contributed by atoms with E-state index in [9.17, 15) is 9.90 Å². The smallest absolute Gasteiger partial charge is 0.252 e. The summed E-state index contributed by atoms with van der Waals surface area (Å²) in [6.45, 7) is 0.375. The molecule has 0 fully saturated rings. The molecular weight excluding hydrogens is 322 g/mol. The first-order valence-electron chi connectivity index (χ1n) is 7.77. The minimum atomic E-state index is -0.742. The molecule has 1 aromatic heterocycles. The Morgan fingerprint density at radius 1 is 1.21 bits per heavy atom. The van der Waals surface area contributed by atoms with Crippen LogP contribution in [0.4, 0.5) is 0 Å². The molecule has 2 aromatic carbocycles. The van der Waals surface area contributed by atoms with Gasteiger partial charge in [0.25, 0.3) is 5.91 Å². The number of hydrogen-bond acceptors (Lipinski definition) is 4. The van der Waals surface area contributed by atoms with Gasteiger partial charge in [0.05, 0.1) is 5.56 Å². The maximum Gasteiger partial charge on any atom is 0.252 e. The Bertz CT molecular complexity index is 810. The number of aliphatic hydroxyl groups is 1. The Morgan fingerprint density at radius 3 is 2.75 bits per heavy atom. The number of aliphatic hydroxyl groups excluding tert-OH is 1. The minimum Gasteiger partial charge on any atom is -0.458 e. The highest BCUT2D eigenvalue weighted by Gasteiger charge is 2.15. The van der Waals surface area contributed by atoms with Gasteiger partial charge in [0.2, 0.25) is 0 Å². The third kappa shape index (κ3) is 3.63. The molecule has 3 rings (SSSR count). The van der Waals surface area contributed by atoms with E-state index in [1.807, 2.05) is 54.8 Å². The summed E-state index contributed by atoms with van der Waals surface area (Å²) >= 11 is 1.54. The number of amides is 1. The second-order valence-corrected chi connectivity index (χ2v) is 6.30. The molecule has 0 radical (unpaired) electrons. The zero-order chi connectivity index (χ0) is 16.9. The number of carbonyl (C=O) groups excluding carboxylic acids is 1. The molecule has 124 valence electrons. The minimum absolute atomic E-state index is 0.128. The molecule has 0 aliphatic rings. The maximum absolute atomic E-state index is 12.3. The van der Waals surface area contributed by atoms with E-state index in [2.05, 4.69) is 5.32 Å². The Hall–Kier alpha value is -2.24. The summed E-state index contributed by atoms with van der Waals surface area (Å²) in [4.78, 5) is 13.2. The van der Waals surface area contributed by atoms with E-state index < -0.39 is 6.10 Å².